The lowest BCUT2D eigenvalue weighted by Crippen LogP contribution is -2.57. The van der Waals surface area contributed by atoms with Crippen LogP contribution in [-0.2, 0) is 14.9 Å². The standard InChI is InChI=1S/C10H21ClN2O3S/c1-3-13(4-2)17(14,15)12-10(9-11)5-7-16-8-6-10/h12H,3-9H2,1-2H3. The Hall–Kier alpha value is 0.120. The Morgan fingerprint density at radius 3 is 2.24 bits per heavy atom. The van der Waals surface area contributed by atoms with Gasteiger partial charge in [-0.25, -0.2) is 0 Å². The number of hydrogen-bond donors (Lipinski definition) is 1. The Bertz CT molecular complexity index is 324. The Morgan fingerprint density at radius 1 is 1.29 bits per heavy atom. The molecule has 1 N–H and O–H groups in total. The fourth-order valence-corrected chi connectivity index (χ4v) is 3.97. The third-order valence-corrected chi connectivity index (χ3v) is 5.50. The normalized spacial score (nSPS) is 20.7. The van der Waals surface area contributed by atoms with E-state index in [0.29, 0.717) is 39.1 Å². The van der Waals surface area contributed by atoms with E-state index in [2.05, 4.69) is 4.72 Å². The molecule has 0 aromatic rings. The summed E-state index contributed by atoms with van der Waals surface area (Å²) in [7, 11) is -3.45. The van der Waals surface area contributed by atoms with Crippen LogP contribution in [0.1, 0.15) is 26.7 Å². The van der Waals surface area contributed by atoms with Crippen LogP contribution in [0.5, 0.6) is 0 Å². The van der Waals surface area contributed by atoms with Gasteiger partial charge in [-0.3, -0.25) is 0 Å². The van der Waals surface area contributed by atoms with Crippen molar-refractivity contribution in [2.45, 2.75) is 32.2 Å². The summed E-state index contributed by atoms with van der Waals surface area (Å²) in [5.41, 5.74) is -0.554. The molecule has 7 heteroatoms. The monoisotopic (exact) mass is 284 g/mol. The molecule has 1 aliphatic heterocycles. The first-order valence-corrected chi connectivity index (χ1v) is 7.90. The molecule has 102 valence electrons. The zero-order valence-electron chi connectivity index (χ0n) is 10.4. The third-order valence-electron chi connectivity index (χ3n) is 3.10. The van der Waals surface area contributed by atoms with Gasteiger partial charge in [0.1, 0.15) is 0 Å². The molecule has 0 amide bonds. The van der Waals surface area contributed by atoms with E-state index in [-0.39, 0.29) is 5.88 Å². The van der Waals surface area contributed by atoms with E-state index in [1.54, 1.807) is 0 Å². The summed E-state index contributed by atoms with van der Waals surface area (Å²) in [5.74, 6) is 0.275. The molecule has 0 atom stereocenters. The molecule has 1 heterocycles. The molecule has 1 aliphatic rings. The average molecular weight is 285 g/mol. The fraction of sp³-hybridized carbons (Fsp3) is 1.00. The molecule has 0 aliphatic carbocycles. The minimum Gasteiger partial charge on any atom is -0.381 e. The molecule has 0 unspecified atom stereocenters. The highest BCUT2D eigenvalue weighted by Crippen LogP contribution is 2.23. The summed E-state index contributed by atoms with van der Waals surface area (Å²) in [4.78, 5) is 0. The van der Waals surface area contributed by atoms with Crippen molar-refractivity contribution in [3.63, 3.8) is 0 Å². The Kier molecular flexibility index (Phi) is 5.66. The second-order valence-corrected chi connectivity index (χ2v) is 6.16. The smallest absolute Gasteiger partial charge is 0.279 e. The van der Waals surface area contributed by atoms with Crippen molar-refractivity contribution in [1.29, 1.82) is 0 Å². The number of nitrogens with one attached hydrogen (secondary N) is 1. The first kappa shape index (κ1) is 15.2. The van der Waals surface area contributed by atoms with Crippen LogP contribution >= 0.6 is 11.6 Å². The highest BCUT2D eigenvalue weighted by Gasteiger charge is 2.37. The summed E-state index contributed by atoms with van der Waals surface area (Å²) in [5, 5.41) is 0. The SMILES string of the molecule is CCN(CC)S(=O)(=O)NC1(CCl)CCOCC1. The molecular weight excluding hydrogens is 264 g/mol. The van der Waals surface area contributed by atoms with Crippen molar-refractivity contribution >= 4 is 21.8 Å². The summed E-state index contributed by atoms with van der Waals surface area (Å²) in [6, 6.07) is 0. The Morgan fingerprint density at radius 2 is 1.82 bits per heavy atom. The van der Waals surface area contributed by atoms with Crippen LogP contribution in [0.3, 0.4) is 0 Å². The number of nitrogens with zero attached hydrogens (tertiary/aromatic N) is 1. The van der Waals surface area contributed by atoms with Gasteiger partial charge in [-0.15, -0.1) is 11.6 Å². The van der Waals surface area contributed by atoms with Crippen molar-refractivity contribution in [2.75, 3.05) is 32.2 Å². The maximum atomic E-state index is 12.1. The molecule has 0 aromatic heterocycles. The van der Waals surface area contributed by atoms with Gasteiger partial charge in [-0.1, -0.05) is 13.8 Å². The van der Waals surface area contributed by atoms with Crippen LogP contribution in [0.2, 0.25) is 0 Å². The molecule has 1 rings (SSSR count). The Balaban J connectivity index is 2.79. The van der Waals surface area contributed by atoms with E-state index >= 15 is 0 Å². The molecule has 0 bridgehead atoms. The number of hydrogen-bond acceptors (Lipinski definition) is 3. The van der Waals surface area contributed by atoms with Crippen LogP contribution < -0.4 is 4.72 Å². The number of rotatable bonds is 6. The van der Waals surface area contributed by atoms with E-state index in [4.69, 9.17) is 16.3 Å². The van der Waals surface area contributed by atoms with Crippen molar-refractivity contribution in [1.82, 2.24) is 9.03 Å². The van der Waals surface area contributed by atoms with Gasteiger partial charge in [-0.05, 0) is 12.8 Å². The van der Waals surface area contributed by atoms with Gasteiger partial charge < -0.3 is 4.74 Å². The molecular formula is C10H21ClN2O3S. The third kappa shape index (κ3) is 3.79. The van der Waals surface area contributed by atoms with Crippen LogP contribution in [0.4, 0.5) is 0 Å². The highest BCUT2D eigenvalue weighted by molar-refractivity contribution is 7.87. The van der Waals surface area contributed by atoms with E-state index in [0.717, 1.165) is 0 Å². The molecule has 0 radical (unpaired) electrons. The van der Waals surface area contributed by atoms with Gasteiger partial charge in [-0.2, -0.15) is 17.4 Å². The average Bonchev–Trinajstić information content (AvgIpc) is 2.30. The molecule has 0 aromatic carbocycles. The van der Waals surface area contributed by atoms with E-state index < -0.39 is 15.7 Å². The van der Waals surface area contributed by atoms with Gasteiger partial charge in [0.25, 0.3) is 10.2 Å². The van der Waals surface area contributed by atoms with Crippen molar-refractivity contribution < 1.29 is 13.2 Å². The molecule has 17 heavy (non-hydrogen) atoms. The lowest BCUT2D eigenvalue weighted by molar-refractivity contribution is 0.0543. The summed E-state index contributed by atoms with van der Waals surface area (Å²) >= 11 is 5.93. The van der Waals surface area contributed by atoms with E-state index in [1.165, 1.54) is 4.31 Å². The topological polar surface area (TPSA) is 58.6 Å². The maximum Gasteiger partial charge on any atom is 0.279 e. The molecule has 1 saturated heterocycles. The summed E-state index contributed by atoms with van der Waals surface area (Å²) in [6.45, 7) is 5.66. The second kappa shape index (κ2) is 6.33. The van der Waals surface area contributed by atoms with Crippen molar-refractivity contribution in [3.05, 3.63) is 0 Å². The van der Waals surface area contributed by atoms with Gasteiger partial charge in [0.15, 0.2) is 0 Å². The van der Waals surface area contributed by atoms with Gasteiger partial charge in [0.05, 0.1) is 5.54 Å². The van der Waals surface area contributed by atoms with Crippen molar-refractivity contribution in [2.24, 2.45) is 0 Å². The predicted octanol–water partition coefficient (Wildman–Crippen LogP) is 0.951. The quantitative estimate of drug-likeness (QED) is 0.739. The first-order chi connectivity index (χ1) is 7.99. The maximum absolute atomic E-state index is 12.1. The second-order valence-electron chi connectivity index (χ2n) is 4.22. The minimum absolute atomic E-state index is 0.275. The van der Waals surface area contributed by atoms with Gasteiger partial charge in [0.2, 0.25) is 0 Å². The largest absolute Gasteiger partial charge is 0.381 e. The van der Waals surface area contributed by atoms with E-state index in [9.17, 15) is 8.42 Å². The molecule has 0 spiro atoms. The molecule has 0 saturated carbocycles. The van der Waals surface area contributed by atoms with Crippen LogP contribution in [-0.4, -0.2) is 50.4 Å². The summed E-state index contributed by atoms with van der Waals surface area (Å²) in [6.07, 6.45) is 1.24. The van der Waals surface area contributed by atoms with Crippen LogP contribution in [0, 0.1) is 0 Å². The van der Waals surface area contributed by atoms with E-state index in [1.807, 2.05) is 13.8 Å². The highest BCUT2D eigenvalue weighted by atomic mass is 35.5. The van der Waals surface area contributed by atoms with Crippen LogP contribution in [0.15, 0.2) is 0 Å². The minimum atomic E-state index is -3.45. The zero-order valence-corrected chi connectivity index (χ0v) is 12.0. The van der Waals surface area contributed by atoms with Gasteiger partial charge >= 0.3 is 0 Å². The van der Waals surface area contributed by atoms with Crippen molar-refractivity contribution in [3.8, 4) is 0 Å². The number of halogens is 1. The Labute approximate surface area is 109 Å². The van der Waals surface area contributed by atoms with Gasteiger partial charge in [0, 0.05) is 32.2 Å². The molecule has 5 nitrogen and oxygen atoms in total. The summed E-state index contributed by atoms with van der Waals surface area (Å²) < 4.78 is 33.7. The molecule has 1 fully saturated rings. The fourth-order valence-electron chi connectivity index (χ4n) is 1.93. The number of ether oxygens (including phenoxy) is 1. The number of alkyl halides is 1. The van der Waals surface area contributed by atoms with Crippen LogP contribution in [0.25, 0.3) is 0 Å². The zero-order chi connectivity index (χ0) is 12.9. The predicted molar refractivity (Wildman–Crippen MR) is 68.5 cm³/mol. The lowest BCUT2D eigenvalue weighted by atomic mass is 9.94. The first-order valence-electron chi connectivity index (χ1n) is 5.92. The lowest BCUT2D eigenvalue weighted by Gasteiger charge is -2.37.